The smallest absolute Gasteiger partial charge is 0.280 e. The zero-order chi connectivity index (χ0) is 20.1. The summed E-state index contributed by atoms with van der Waals surface area (Å²) in [5, 5.41) is 6.88. The number of ether oxygens (including phenoxy) is 1. The lowest BCUT2D eigenvalue weighted by Crippen LogP contribution is -2.25. The number of hydrogen-bond donors (Lipinski definition) is 2. The molecule has 0 aliphatic rings. The molecule has 0 aliphatic heterocycles. The van der Waals surface area contributed by atoms with Crippen molar-refractivity contribution in [2.75, 3.05) is 6.61 Å². The number of rotatable bonds is 6. The molecular weight excluding hydrogens is 356 g/mol. The van der Waals surface area contributed by atoms with Crippen LogP contribution < -0.4 is 15.7 Å². The number of aromatic amines is 1. The molecule has 3 rings (SSSR count). The number of hydrogen-bond acceptors (Lipinski definition) is 4. The monoisotopic (exact) mass is 378 g/mol. The van der Waals surface area contributed by atoms with Crippen LogP contribution in [0.3, 0.4) is 0 Å². The molecule has 0 spiro atoms. The molecule has 3 aromatic rings. The van der Waals surface area contributed by atoms with Crippen LogP contribution in [0.2, 0.25) is 0 Å². The van der Waals surface area contributed by atoms with E-state index in [1.54, 1.807) is 6.92 Å². The van der Waals surface area contributed by atoms with E-state index in [-0.39, 0.29) is 12.2 Å². The number of benzene rings is 2. The lowest BCUT2D eigenvalue weighted by Gasteiger charge is -2.07. The Bertz CT molecular complexity index is 1040. The van der Waals surface area contributed by atoms with E-state index >= 15 is 0 Å². The summed E-state index contributed by atoms with van der Waals surface area (Å²) >= 11 is 0. The Balaban J connectivity index is 1.62. The van der Waals surface area contributed by atoms with E-state index in [4.69, 9.17) is 4.74 Å². The largest absolute Gasteiger partial charge is 0.484 e. The highest BCUT2D eigenvalue weighted by atomic mass is 16.5. The number of hydrazone groups is 1. The van der Waals surface area contributed by atoms with Gasteiger partial charge in [0.2, 0.25) is 0 Å². The Kier molecular flexibility index (Phi) is 5.74. The quantitative estimate of drug-likeness (QED) is 0.510. The number of aryl methyl sites for hydroxylation is 3. The van der Waals surface area contributed by atoms with Crippen molar-refractivity contribution >= 4 is 12.1 Å². The molecule has 0 saturated carbocycles. The van der Waals surface area contributed by atoms with Crippen LogP contribution in [0, 0.1) is 20.8 Å². The van der Waals surface area contributed by atoms with Gasteiger partial charge in [-0.05, 0) is 56.2 Å². The Morgan fingerprint density at radius 3 is 2.50 bits per heavy atom. The molecule has 2 aromatic carbocycles. The normalized spacial score (nSPS) is 11.0. The molecule has 7 nitrogen and oxygen atoms in total. The highest BCUT2D eigenvalue weighted by Crippen LogP contribution is 2.15. The fourth-order valence-electron chi connectivity index (χ4n) is 2.84. The van der Waals surface area contributed by atoms with Gasteiger partial charge < -0.3 is 4.74 Å². The molecule has 0 atom stereocenters. The van der Waals surface area contributed by atoms with Gasteiger partial charge in [0.1, 0.15) is 5.75 Å². The standard InChI is InChI=1S/C21H22N4O3/c1-14-9-15(2)11-18(10-14)28-13-20(26)23-22-12-19-16(3)24-25(21(19)27)17-7-5-4-6-8-17/h4-12,24H,13H2,1-3H3,(H,23,26)/b22-12-. The Morgan fingerprint density at radius 2 is 1.82 bits per heavy atom. The molecule has 0 saturated heterocycles. The maximum Gasteiger partial charge on any atom is 0.280 e. The van der Waals surface area contributed by atoms with Gasteiger partial charge in [-0.3, -0.25) is 14.7 Å². The summed E-state index contributed by atoms with van der Waals surface area (Å²) < 4.78 is 6.92. The first-order valence-electron chi connectivity index (χ1n) is 8.84. The van der Waals surface area contributed by atoms with E-state index in [1.165, 1.54) is 10.9 Å². The third-order valence-corrected chi connectivity index (χ3v) is 4.08. The summed E-state index contributed by atoms with van der Waals surface area (Å²) in [5.74, 6) is 0.218. The molecule has 2 N–H and O–H groups in total. The minimum atomic E-state index is -0.410. The highest BCUT2D eigenvalue weighted by molar-refractivity contribution is 5.83. The van der Waals surface area contributed by atoms with Crippen LogP contribution in [-0.4, -0.2) is 28.5 Å². The topological polar surface area (TPSA) is 88.5 Å². The molecule has 0 unspecified atom stereocenters. The van der Waals surface area contributed by atoms with Gasteiger partial charge in [-0.15, -0.1) is 0 Å². The van der Waals surface area contributed by atoms with Gasteiger partial charge in [0.05, 0.1) is 17.5 Å². The minimum Gasteiger partial charge on any atom is -0.484 e. The molecule has 28 heavy (non-hydrogen) atoms. The average Bonchev–Trinajstić information content (AvgIpc) is 2.94. The second-order valence-electron chi connectivity index (χ2n) is 6.53. The van der Waals surface area contributed by atoms with Gasteiger partial charge in [0, 0.05) is 5.69 Å². The summed E-state index contributed by atoms with van der Waals surface area (Å²) in [6, 6.07) is 15.0. The molecule has 0 fully saturated rings. The fraction of sp³-hybridized carbons (Fsp3) is 0.190. The summed E-state index contributed by atoms with van der Waals surface area (Å²) in [6.07, 6.45) is 1.34. The third-order valence-electron chi connectivity index (χ3n) is 4.08. The van der Waals surface area contributed by atoms with Gasteiger partial charge in [0.15, 0.2) is 6.61 Å². The summed E-state index contributed by atoms with van der Waals surface area (Å²) in [7, 11) is 0. The molecule has 0 radical (unpaired) electrons. The summed E-state index contributed by atoms with van der Waals surface area (Å²) in [5.41, 5.74) is 6.01. The van der Waals surface area contributed by atoms with Gasteiger partial charge in [-0.1, -0.05) is 24.3 Å². The van der Waals surface area contributed by atoms with E-state index in [2.05, 4.69) is 15.6 Å². The number of aromatic nitrogens is 2. The number of nitrogens with zero attached hydrogens (tertiary/aromatic N) is 2. The van der Waals surface area contributed by atoms with Crippen molar-refractivity contribution in [3.05, 3.63) is 81.3 Å². The molecule has 1 aromatic heterocycles. The number of para-hydroxylation sites is 1. The van der Waals surface area contributed by atoms with Crippen molar-refractivity contribution in [1.29, 1.82) is 0 Å². The van der Waals surface area contributed by atoms with Gasteiger partial charge in [-0.2, -0.15) is 5.10 Å². The molecule has 144 valence electrons. The summed E-state index contributed by atoms with van der Waals surface area (Å²) in [4.78, 5) is 24.5. The van der Waals surface area contributed by atoms with E-state index in [1.807, 2.05) is 62.4 Å². The van der Waals surface area contributed by atoms with Crippen molar-refractivity contribution in [2.24, 2.45) is 5.10 Å². The second kappa shape index (κ2) is 8.39. The third kappa shape index (κ3) is 4.56. The predicted octanol–water partition coefficient (Wildman–Crippen LogP) is 2.62. The predicted molar refractivity (Wildman–Crippen MR) is 108 cm³/mol. The zero-order valence-electron chi connectivity index (χ0n) is 16.0. The van der Waals surface area contributed by atoms with Crippen LogP contribution >= 0.6 is 0 Å². The number of carbonyl (C=O) groups excluding carboxylic acids is 1. The maximum atomic E-state index is 12.5. The van der Waals surface area contributed by atoms with Gasteiger partial charge in [-0.25, -0.2) is 10.1 Å². The number of nitrogens with one attached hydrogen (secondary N) is 2. The lowest BCUT2D eigenvalue weighted by molar-refractivity contribution is -0.123. The van der Waals surface area contributed by atoms with Crippen molar-refractivity contribution < 1.29 is 9.53 Å². The molecule has 7 heteroatoms. The molecule has 1 heterocycles. The number of carbonyl (C=O) groups is 1. The van der Waals surface area contributed by atoms with Crippen LogP contribution in [0.5, 0.6) is 5.75 Å². The number of amides is 1. The Labute approximate surface area is 162 Å². The van der Waals surface area contributed by atoms with E-state index in [0.29, 0.717) is 17.0 Å². The van der Waals surface area contributed by atoms with E-state index in [0.717, 1.165) is 16.8 Å². The Morgan fingerprint density at radius 1 is 1.14 bits per heavy atom. The van der Waals surface area contributed by atoms with Crippen molar-refractivity contribution in [1.82, 2.24) is 15.2 Å². The van der Waals surface area contributed by atoms with Crippen LogP contribution in [0.1, 0.15) is 22.4 Å². The van der Waals surface area contributed by atoms with E-state index < -0.39 is 5.91 Å². The second-order valence-corrected chi connectivity index (χ2v) is 6.53. The van der Waals surface area contributed by atoms with Crippen molar-refractivity contribution in [3.63, 3.8) is 0 Å². The molecule has 0 aliphatic carbocycles. The molecular formula is C21H22N4O3. The van der Waals surface area contributed by atoms with E-state index in [9.17, 15) is 9.59 Å². The van der Waals surface area contributed by atoms with Crippen LogP contribution in [0.25, 0.3) is 5.69 Å². The first-order valence-corrected chi connectivity index (χ1v) is 8.84. The lowest BCUT2D eigenvalue weighted by atomic mass is 10.1. The van der Waals surface area contributed by atoms with Gasteiger partial charge >= 0.3 is 0 Å². The Hall–Kier alpha value is -3.61. The first-order chi connectivity index (χ1) is 13.4. The minimum absolute atomic E-state index is 0.166. The zero-order valence-corrected chi connectivity index (χ0v) is 16.0. The first kappa shape index (κ1) is 19.2. The van der Waals surface area contributed by atoms with Crippen LogP contribution in [0.4, 0.5) is 0 Å². The number of H-pyrrole nitrogens is 1. The SMILES string of the molecule is Cc1cc(C)cc(OCC(=O)N/N=C\c2c(C)[nH]n(-c3ccccc3)c2=O)c1. The molecule has 1 amide bonds. The average molecular weight is 378 g/mol. The highest BCUT2D eigenvalue weighted by Gasteiger charge is 2.10. The fourth-order valence-corrected chi connectivity index (χ4v) is 2.84. The summed E-state index contributed by atoms with van der Waals surface area (Å²) in [6.45, 7) is 5.53. The maximum absolute atomic E-state index is 12.5. The van der Waals surface area contributed by atoms with Crippen LogP contribution in [0.15, 0.2) is 58.4 Å². The van der Waals surface area contributed by atoms with Crippen LogP contribution in [-0.2, 0) is 4.79 Å². The molecule has 0 bridgehead atoms. The van der Waals surface area contributed by atoms with Crippen molar-refractivity contribution in [3.8, 4) is 11.4 Å². The van der Waals surface area contributed by atoms with Crippen molar-refractivity contribution in [2.45, 2.75) is 20.8 Å². The van der Waals surface area contributed by atoms with Gasteiger partial charge in [0.25, 0.3) is 11.5 Å².